The second-order valence-corrected chi connectivity index (χ2v) is 13.1. The number of aliphatic carboxylic acids is 1. The van der Waals surface area contributed by atoms with E-state index in [2.05, 4.69) is 4.90 Å². The van der Waals surface area contributed by atoms with Crippen LogP contribution in [0.2, 0.25) is 0 Å². The Balaban J connectivity index is 1.52. The van der Waals surface area contributed by atoms with E-state index in [1.54, 1.807) is 26.0 Å². The number of nitrogens with zero attached hydrogens (tertiary/aromatic N) is 2. The van der Waals surface area contributed by atoms with Crippen LogP contribution in [-0.4, -0.2) is 36.4 Å². The monoisotopic (exact) mass is 590 g/mol. The van der Waals surface area contributed by atoms with Crippen molar-refractivity contribution in [3.8, 4) is 16.9 Å². The lowest BCUT2D eigenvalue weighted by Gasteiger charge is -2.49. The molecular weight excluding hydrogens is 547 g/mol. The molecule has 1 saturated carbocycles. The van der Waals surface area contributed by atoms with Gasteiger partial charge in [0.1, 0.15) is 11.6 Å². The Morgan fingerprint density at radius 3 is 2.19 bits per heavy atom. The zero-order valence-corrected chi connectivity index (χ0v) is 25.9. The highest BCUT2D eigenvalue weighted by Gasteiger charge is 2.43. The summed E-state index contributed by atoms with van der Waals surface area (Å²) in [4.78, 5) is 15.0. The Kier molecular flexibility index (Phi) is 8.70. The largest absolute Gasteiger partial charge is 0.618 e. The molecule has 8 heteroatoms. The predicted molar refractivity (Wildman–Crippen MR) is 165 cm³/mol. The van der Waals surface area contributed by atoms with Gasteiger partial charge < -0.3 is 24.7 Å². The molecule has 1 saturated heterocycles. The van der Waals surface area contributed by atoms with Gasteiger partial charge in [0.2, 0.25) is 0 Å². The first-order valence-electron chi connectivity index (χ1n) is 15.3. The number of hydrogen-bond donors (Lipinski definition) is 1. The molecule has 2 fully saturated rings. The van der Waals surface area contributed by atoms with Crippen LogP contribution in [-0.2, 0) is 16.0 Å². The first-order valence-corrected chi connectivity index (χ1v) is 15.3. The standard InChI is InChI=1S/C35H43FN2O5/c1-23-29(26-9-13-28(14-10-26)42-22-15-25-7-11-27(36)12-8-25)31(37-20-18-35(19-21-37)16-6-17-35)30(24(2)38(23)41)32(33(39)40)43-34(3,4)5/h7-14,32H,6,15-22H2,1-5H3,(H,39,40). The molecule has 2 aromatic carbocycles. The quantitative estimate of drug-likeness (QED) is 0.212. The number of piperidine rings is 1. The molecule has 1 unspecified atom stereocenters. The molecule has 3 aromatic rings. The Morgan fingerprint density at radius 1 is 1.02 bits per heavy atom. The van der Waals surface area contributed by atoms with Gasteiger partial charge in [0, 0.05) is 33.4 Å². The Labute approximate surface area is 253 Å². The van der Waals surface area contributed by atoms with Crippen LogP contribution < -0.4 is 14.4 Å². The molecule has 1 spiro atoms. The van der Waals surface area contributed by atoms with Gasteiger partial charge >= 0.3 is 5.97 Å². The number of aromatic nitrogens is 1. The number of carboxylic acids is 1. The lowest BCUT2D eigenvalue weighted by molar-refractivity contribution is -0.619. The smallest absolute Gasteiger partial charge is 0.337 e. The summed E-state index contributed by atoms with van der Waals surface area (Å²) in [6, 6.07) is 14.0. The van der Waals surface area contributed by atoms with Gasteiger partial charge in [-0.3, -0.25) is 0 Å². The van der Waals surface area contributed by atoms with Crippen molar-refractivity contribution >= 4 is 11.7 Å². The van der Waals surface area contributed by atoms with E-state index in [1.165, 1.54) is 31.4 Å². The van der Waals surface area contributed by atoms with E-state index in [1.807, 2.05) is 45.0 Å². The number of carbonyl (C=O) groups is 1. The number of ether oxygens (including phenoxy) is 2. The Hall–Kier alpha value is -3.65. The van der Waals surface area contributed by atoms with Gasteiger partial charge in [0.25, 0.3) is 0 Å². The Morgan fingerprint density at radius 2 is 1.65 bits per heavy atom. The minimum atomic E-state index is -1.30. The molecule has 0 amide bonds. The summed E-state index contributed by atoms with van der Waals surface area (Å²) in [6.45, 7) is 11.0. The Bertz CT molecular complexity index is 1450. The number of benzene rings is 2. The molecule has 1 atom stereocenters. The fraction of sp³-hybridized carbons (Fsp3) is 0.486. The summed E-state index contributed by atoms with van der Waals surface area (Å²) >= 11 is 0. The molecule has 43 heavy (non-hydrogen) atoms. The van der Waals surface area contributed by atoms with E-state index < -0.39 is 17.7 Å². The highest BCUT2D eigenvalue weighted by molar-refractivity contribution is 5.87. The van der Waals surface area contributed by atoms with Gasteiger partial charge in [-0.2, -0.15) is 4.73 Å². The highest BCUT2D eigenvalue weighted by Crippen LogP contribution is 2.51. The van der Waals surface area contributed by atoms with Crippen LogP contribution in [0.15, 0.2) is 48.5 Å². The molecule has 0 bridgehead atoms. The molecule has 1 aromatic heterocycles. The topological polar surface area (TPSA) is 85.9 Å². The highest BCUT2D eigenvalue weighted by atomic mass is 19.1. The fourth-order valence-corrected chi connectivity index (χ4v) is 6.55. The molecule has 0 radical (unpaired) electrons. The molecule has 1 aliphatic heterocycles. The SMILES string of the molecule is Cc1c(-c2ccc(OCCc3ccc(F)cc3)cc2)c(N2CCC3(CCC3)CC2)c(C(OC(C)(C)C)C(=O)O)c(C)[n+]1[O-]. The summed E-state index contributed by atoms with van der Waals surface area (Å²) in [5.41, 5.74) is 4.24. The van der Waals surface area contributed by atoms with Crippen molar-refractivity contribution in [2.45, 2.75) is 84.8 Å². The van der Waals surface area contributed by atoms with Gasteiger partial charge in [-0.25, -0.2) is 9.18 Å². The minimum Gasteiger partial charge on any atom is -0.618 e. The van der Waals surface area contributed by atoms with E-state index in [0.717, 1.165) is 53.0 Å². The maximum absolute atomic E-state index is 13.6. The molecule has 2 aliphatic rings. The van der Waals surface area contributed by atoms with Crippen LogP contribution in [0.25, 0.3) is 11.1 Å². The summed E-state index contributed by atoms with van der Waals surface area (Å²) in [5, 5.41) is 24.0. The number of halogens is 1. The summed E-state index contributed by atoms with van der Waals surface area (Å²) in [5.74, 6) is -0.705. The molecule has 2 heterocycles. The van der Waals surface area contributed by atoms with E-state index >= 15 is 0 Å². The van der Waals surface area contributed by atoms with Crippen molar-refractivity contribution in [2.24, 2.45) is 5.41 Å². The molecule has 7 nitrogen and oxygen atoms in total. The summed E-state index contributed by atoms with van der Waals surface area (Å²) < 4.78 is 26.2. The summed E-state index contributed by atoms with van der Waals surface area (Å²) in [6.07, 6.45) is 5.22. The number of hydrogen-bond acceptors (Lipinski definition) is 5. The lowest BCUT2D eigenvalue weighted by Crippen LogP contribution is -2.46. The van der Waals surface area contributed by atoms with Crippen molar-refractivity contribution in [1.29, 1.82) is 0 Å². The number of anilines is 1. The average Bonchev–Trinajstić information content (AvgIpc) is 2.95. The molecule has 5 rings (SSSR count). The number of carboxylic acid groups (broad SMARTS) is 1. The average molecular weight is 591 g/mol. The van der Waals surface area contributed by atoms with Crippen LogP contribution in [0, 0.1) is 30.3 Å². The lowest BCUT2D eigenvalue weighted by atomic mass is 9.63. The van der Waals surface area contributed by atoms with Gasteiger partial charge in [0.05, 0.1) is 29.0 Å². The number of pyridine rings is 1. The third-order valence-corrected chi connectivity index (χ3v) is 9.08. The van der Waals surface area contributed by atoms with E-state index in [4.69, 9.17) is 9.47 Å². The maximum atomic E-state index is 13.6. The van der Waals surface area contributed by atoms with Crippen LogP contribution in [0.1, 0.15) is 81.5 Å². The number of rotatable bonds is 9. The molecule has 1 aliphatic carbocycles. The maximum Gasteiger partial charge on any atom is 0.337 e. The van der Waals surface area contributed by atoms with Gasteiger partial charge in [-0.05, 0) is 87.3 Å². The van der Waals surface area contributed by atoms with E-state index in [9.17, 15) is 19.5 Å². The van der Waals surface area contributed by atoms with Crippen molar-refractivity contribution < 1.29 is 28.5 Å². The van der Waals surface area contributed by atoms with Crippen molar-refractivity contribution in [3.05, 3.63) is 82.1 Å². The third kappa shape index (κ3) is 6.64. The zero-order valence-electron chi connectivity index (χ0n) is 25.9. The van der Waals surface area contributed by atoms with Gasteiger partial charge in [-0.15, -0.1) is 0 Å². The minimum absolute atomic E-state index is 0.264. The van der Waals surface area contributed by atoms with Crippen LogP contribution in [0.5, 0.6) is 5.75 Å². The first kappa shape index (κ1) is 30.8. The fourth-order valence-electron chi connectivity index (χ4n) is 6.55. The van der Waals surface area contributed by atoms with Crippen LogP contribution >= 0.6 is 0 Å². The van der Waals surface area contributed by atoms with E-state index in [0.29, 0.717) is 41.1 Å². The van der Waals surface area contributed by atoms with Crippen molar-refractivity contribution in [1.82, 2.24) is 0 Å². The van der Waals surface area contributed by atoms with Gasteiger partial charge in [0.15, 0.2) is 17.5 Å². The zero-order chi connectivity index (χ0) is 30.9. The van der Waals surface area contributed by atoms with Crippen LogP contribution in [0.3, 0.4) is 0 Å². The van der Waals surface area contributed by atoms with Crippen LogP contribution in [0.4, 0.5) is 10.1 Å². The van der Waals surface area contributed by atoms with Crippen molar-refractivity contribution in [3.63, 3.8) is 0 Å². The van der Waals surface area contributed by atoms with Gasteiger partial charge in [-0.1, -0.05) is 30.7 Å². The third-order valence-electron chi connectivity index (χ3n) is 9.08. The normalized spacial score (nSPS) is 17.0. The summed E-state index contributed by atoms with van der Waals surface area (Å²) in [7, 11) is 0. The molecule has 1 N–H and O–H groups in total. The predicted octanol–water partition coefficient (Wildman–Crippen LogP) is 7.08. The molecule has 230 valence electrons. The van der Waals surface area contributed by atoms with Crippen molar-refractivity contribution in [2.75, 3.05) is 24.6 Å². The second-order valence-electron chi connectivity index (χ2n) is 13.1. The first-order chi connectivity index (χ1) is 20.4. The second kappa shape index (κ2) is 12.2. The molecular formula is C35H43FN2O5. The van der Waals surface area contributed by atoms with E-state index in [-0.39, 0.29) is 5.82 Å².